The fourth-order valence-corrected chi connectivity index (χ4v) is 1.66. The van der Waals surface area contributed by atoms with Crippen LogP contribution in [0, 0.1) is 0 Å². The quantitative estimate of drug-likeness (QED) is 0.420. The topological polar surface area (TPSA) is 35.2 Å². The van der Waals surface area contributed by atoms with Crippen LogP contribution in [0.15, 0.2) is 54.0 Å². The van der Waals surface area contributed by atoms with Crippen LogP contribution in [0.1, 0.15) is 60.5 Å². The Morgan fingerprint density at radius 2 is 1.83 bits per heavy atom. The van der Waals surface area contributed by atoms with Crippen LogP contribution < -0.4 is 10.5 Å². The molecule has 0 saturated heterocycles. The van der Waals surface area contributed by atoms with E-state index in [0.29, 0.717) is 0 Å². The van der Waals surface area contributed by atoms with Gasteiger partial charge < -0.3 is 10.5 Å². The van der Waals surface area contributed by atoms with Gasteiger partial charge >= 0.3 is 0 Å². The average Bonchev–Trinajstić information content (AvgIpc) is 2.56. The molecule has 2 heteroatoms. The van der Waals surface area contributed by atoms with Gasteiger partial charge in [0.25, 0.3) is 0 Å². The van der Waals surface area contributed by atoms with Crippen molar-refractivity contribution in [3.63, 3.8) is 0 Å². The Bertz CT molecular complexity index is 501. The van der Waals surface area contributed by atoms with E-state index in [0.717, 1.165) is 17.9 Å². The van der Waals surface area contributed by atoms with Crippen LogP contribution in [0.3, 0.4) is 0 Å². The first-order valence-electron chi connectivity index (χ1n) is 8.40. The highest BCUT2D eigenvalue weighted by atomic mass is 16.5. The molecule has 1 aromatic carbocycles. The number of hydrogen-bond donors (Lipinski definition) is 1. The molecule has 0 radical (unpaired) electrons. The molecule has 130 valence electrons. The monoisotopic (exact) mass is 317 g/mol. The van der Waals surface area contributed by atoms with Crippen LogP contribution in [0.25, 0.3) is 0 Å². The summed E-state index contributed by atoms with van der Waals surface area (Å²) in [6.45, 7) is 14.6. The number of rotatable bonds is 4. The third-order valence-corrected chi connectivity index (χ3v) is 2.73. The molecule has 0 unspecified atom stereocenters. The summed E-state index contributed by atoms with van der Waals surface area (Å²) >= 11 is 0. The van der Waals surface area contributed by atoms with Crippen LogP contribution in [0.4, 0.5) is 0 Å². The van der Waals surface area contributed by atoms with E-state index in [2.05, 4.69) is 57.4 Å². The molecule has 0 fully saturated rings. The minimum Gasteiger partial charge on any atom is -0.457 e. The number of nitrogens with two attached hydrogens (primary N) is 1. The van der Waals surface area contributed by atoms with Gasteiger partial charge in [-0.2, -0.15) is 0 Å². The molecule has 2 N–H and O–H groups in total. The lowest BCUT2D eigenvalue weighted by Crippen LogP contribution is -2.10. The Labute approximate surface area is 143 Å². The summed E-state index contributed by atoms with van der Waals surface area (Å²) in [5.41, 5.74) is 8.96. The molecule has 1 rings (SSSR count). The summed E-state index contributed by atoms with van der Waals surface area (Å²) in [4.78, 5) is 0. The lowest BCUT2D eigenvalue weighted by Gasteiger charge is -2.19. The van der Waals surface area contributed by atoms with Crippen molar-refractivity contribution >= 4 is 0 Å². The van der Waals surface area contributed by atoms with Gasteiger partial charge in [0.15, 0.2) is 0 Å². The van der Waals surface area contributed by atoms with E-state index in [9.17, 15) is 0 Å². The zero-order valence-electron chi connectivity index (χ0n) is 16.2. The van der Waals surface area contributed by atoms with E-state index in [1.807, 2.05) is 45.1 Å². The summed E-state index contributed by atoms with van der Waals surface area (Å²) in [6, 6.07) is 8.27. The van der Waals surface area contributed by atoms with Crippen LogP contribution in [0.5, 0.6) is 5.75 Å². The van der Waals surface area contributed by atoms with Crippen LogP contribution in [-0.2, 0) is 5.41 Å². The van der Waals surface area contributed by atoms with E-state index in [1.165, 1.54) is 12.6 Å². The van der Waals surface area contributed by atoms with Crippen molar-refractivity contribution in [2.45, 2.75) is 60.3 Å². The van der Waals surface area contributed by atoms with Gasteiger partial charge in [-0.15, -0.1) is 5.73 Å². The zero-order chi connectivity index (χ0) is 18.3. The molecule has 0 saturated carbocycles. The van der Waals surface area contributed by atoms with Crippen LogP contribution in [-0.4, -0.2) is 7.05 Å². The summed E-state index contributed by atoms with van der Waals surface area (Å²) in [6.07, 6.45) is 6.74. The van der Waals surface area contributed by atoms with E-state index in [-0.39, 0.29) is 5.41 Å². The smallest absolute Gasteiger partial charge is 0.131 e. The third-order valence-electron chi connectivity index (χ3n) is 2.73. The molecule has 2 nitrogen and oxygen atoms in total. The van der Waals surface area contributed by atoms with Crippen molar-refractivity contribution < 1.29 is 4.74 Å². The second kappa shape index (κ2) is 13.9. The van der Waals surface area contributed by atoms with Gasteiger partial charge in [0.1, 0.15) is 11.5 Å². The van der Waals surface area contributed by atoms with Gasteiger partial charge in [-0.3, -0.25) is 0 Å². The van der Waals surface area contributed by atoms with Gasteiger partial charge in [0, 0.05) is 6.08 Å². The second-order valence-electron chi connectivity index (χ2n) is 5.49. The van der Waals surface area contributed by atoms with E-state index in [1.54, 1.807) is 0 Å². The molecular formula is C21H35NO. The van der Waals surface area contributed by atoms with Crippen molar-refractivity contribution in [3.05, 3.63) is 59.5 Å². The summed E-state index contributed by atoms with van der Waals surface area (Å²) in [5, 5.41) is 0. The number of ether oxygens (including phenoxy) is 1. The maximum atomic E-state index is 5.92. The Morgan fingerprint density at radius 3 is 2.30 bits per heavy atom. The lowest BCUT2D eigenvalue weighted by atomic mass is 9.87. The molecule has 0 aromatic heterocycles. The molecule has 0 bridgehead atoms. The van der Waals surface area contributed by atoms with Gasteiger partial charge in [-0.1, -0.05) is 53.7 Å². The molecule has 0 aliphatic heterocycles. The molecule has 0 aliphatic rings. The fraction of sp³-hybridized carbons (Fsp3) is 0.476. The molecule has 23 heavy (non-hydrogen) atoms. The molecule has 0 heterocycles. The minimum absolute atomic E-state index is 0.132. The van der Waals surface area contributed by atoms with Crippen molar-refractivity contribution in [1.82, 2.24) is 0 Å². The molecule has 0 spiro atoms. The standard InChI is InChI=1S/C18H24O.C2H6.CH5N/c1-6-8-12-16(10-7-2)19-17-13-9-11-15(14-17)18(3,4)5;2*1-2/h6,9-14H,7H2,1-5H3;1-2H3;2H2,1H3/b16-10+;;. The van der Waals surface area contributed by atoms with Gasteiger partial charge in [0.05, 0.1) is 0 Å². The fourth-order valence-electron chi connectivity index (χ4n) is 1.66. The first-order chi connectivity index (χ1) is 11.0. The molecule has 0 aliphatic carbocycles. The van der Waals surface area contributed by atoms with Crippen molar-refractivity contribution in [2.75, 3.05) is 7.05 Å². The van der Waals surface area contributed by atoms with Gasteiger partial charge in [-0.05, 0) is 55.7 Å². The predicted octanol–water partition coefficient (Wildman–Crippen LogP) is 5.99. The maximum Gasteiger partial charge on any atom is 0.131 e. The predicted molar refractivity (Wildman–Crippen MR) is 104 cm³/mol. The maximum absolute atomic E-state index is 5.92. The molecule has 1 aromatic rings. The largest absolute Gasteiger partial charge is 0.457 e. The first-order valence-corrected chi connectivity index (χ1v) is 8.40. The highest BCUT2D eigenvalue weighted by Gasteiger charge is 2.14. The zero-order valence-corrected chi connectivity index (χ0v) is 16.2. The highest BCUT2D eigenvalue weighted by molar-refractivity contribution is 5.34. The van der Waals surface area contributed by atoms with E-state index < -0.39 is 0 Å². The molecule has 0 atom stereocenters. The minimum atomic E-state index is 0.132. The van der Waals surface area contributed by atoms with Gasteiger partial charge in [0.2, 0.25) is 0 Å². The average molecular weight is 318 g/mol. The van der Waals surface area contributed by atoms with Crippen LogP contribution in [0.2, 0.25) is 0 Å². The molecule has 0 amide bonds. The second-order valence-corrected chi connectivity index (χ2v) is 5.49. The molecular weight excluding hydrogens is 282 g/mol. The number of allylic oxidation sites excluding steroid dienone is 2. The van der Waals surface area contributed by atoms with Crippen molar-refractivity contribution in [1.29, 1.82) is 0 Å². The van der Waals surface area contributed by atoms with Gasteiger partial charge in [-0.25, -0.2) is 0 Å². The lowest BCUT2D eigenvalue weighted by molar-refractivity contribution is 0.439. The van der Waals surface area contributed by atoms with E-state index in [4.69, 9.17) is 4.74 Å². The summed E-state index contributed by atoms with van der Waals surface area (Å²) in [7, 11) is 1.50. The summed E-state index contributed by atoms with van der Waals surface area (Å²) in [5.74, 6) is 1.72. The Kier molecular flexibility index (Phi) is 14.2. The van der Waals surface area contributed by atoms with Crippen molar-refractivity contribution in [2.24, 2.45) is 5.73 Å². The number of hydrogen-bond acceptors (Lipinski definition) is 2. The SMILES string of the molecule is CC.CC=C=C/C(=C\CC)Oc1cccc(C(C)(C)C)c1.CN. The van der Waals surface area contributed by atoms with Crippen molar-refractivity contribution in [3.8, 4) is 5.75 Å². The summed E-state index contributed by atoms with van der Waals surface area (Å²) < 4.78 is 5.92. The third kappa shape index (κ3) is 10.6. The Balaban J connectivity index is 0. The van der Waals surface area contributed by atoms with Crippen LogP contribution >= 0.6 is 0 Å². The Hall–Kier alpha value is -1.76. The highest BCUT2D eigenvalue weighted by Crippen LogP contribution is 2.26. The first kappa shape index (κ1) is 23.5. The van der Waals surface area contributed by atoms with E-state index >= 15 is 0 Å². The number of benzene rings is 1. The normalized spacial score (nSPS) is 10.2. The Morgan fingerprint density at radius 1 is 1.22 bits per heavy atom.